The smallest absolute Gasteiger partial charge is 0.123 e. The van der Waals surface area contributed by atoms with Crippen molar-refractivity contribution < 1.29 is 4.74 Å². The van der Waals surface area contributed by atoms with Gasteiger partial charge in [0.1, 0.15) is 11.4 Å². The zero-order valence-electron chi connectivity index (χ0n) is 14.3. The maximum absolute atomic E-state index is 6.57. The van der Waals surface area contributed by atoms with E-state index in [2.05, 4.69) is 31.1 Å². The van der Waals surface area contributed by atoms with Crippen LogP contribution in [0, 0.1) is 0 Å². The highest BCUT2D eigenvalue weighted by Crippen LogP contribution is 2.53. The van der Waals surface area contributed by atoms with Gasteiger partial charge in [-0.25, -0.2) is 0 Å². The lowest BCUT2D eigenvalue weighted by Crippen LogP contribution is -2.37. The first-order chi connectivity index (χ1) is 10.6. The predicted molar refractivity (Wildman–Crippen MR) is 100 cm³/mol. The molecule has 4 heteroatoms. The molecule has 2 nitrogen and oxygen atoms in total. The van der Waals surface area contributed by atoms with Crippen molar-refractivity contribution in [3.8, 4) is 5.75 Å². The van der Waals surface area contributed by atoms with Gasteiger partial charge in [0.05, 0.1) is 0 Å². The lowest BCUT2D eigenvalue weighted by atomic mass is 9.76. The van der Waals surface area contributed by atoms with Gasteiger partial charge in [0, 0.05) is 16.5 Å². The van der Waals surface area contributed by atoms with Crippen molar-refractivity contribution in [3.05, 3.63) is 28.8 Å². The van der Waals surface area contributed by atoms with E-state index in [0.29, 0.717) is 5.92 Å². The minimum Gasteiger partial charge on any atom is -0.486 e. The second kappa shape index (κ2) is 8.09. The van der Waals surface area contributed by atoms with Gasteiger partial charge in [-0.3, -0.25) is 0 Å². The monoisotopic (exact) mass is 357 g/mol. The van der Waals surface area contributed by atoms with E-state index in [-0.39, 0.29) is 18.0 Å². The maximum atomic E-state index is 6.57. The topological polar surface area (TPSA) is 12.5 Å². The summed E-state index contributed by atoms with van der Waals surface area (Å²) in [6.45, 7) is 1.14. The molecule has 130 valence electrons. The summed E-state index contributed by atoms with van der Waals surface area (Å²) in [4.78, 5) is 2.27. The first-order valence-corrected chi connectivity index (χ1v) is 9.12. The molecule has 0 N–H and O–H groups in total. The Labute approximate surface area is 151 Å². The molecule has 0 aromatic heterocycles. The summed E-state index contributed by atoms with van der Waals surface area (Å²) in [5, 5.41) is 0.839. The molecule has 0 bridgehead atoms. The second-order valence-corrected chi connectivity index (χ2v) is 7.70. The second-order valence-electron chi connectivity index (χ2n) is 7.26. The van der Waals surface area contributed by atoms with Crippen LogP contribution in [0.2, 0.25) is 5.02 Å². The van der Waals surface area contributed by atoms with Gasteiger partial charge in [0.2, 0.25) is 0 Å². The normalized spacial score (nSPS) is 22.3. The molecule has 2 aliphatic rings. The Morgan fingerprint density at radius 3 is 2.52 bits per heavy atom. The average molecular weight is 358 g/mol. The fraction of sp³-hybridized carbons (Fsp3) is 0.684. The average Bonchev–Trinajstić information content (AvgIpc) is 2.62. The molecule has 1 aliphatic heterocycles. The minimum absolute atomic E-state index is 0. The summed E-state index contributed by atoms with van der Waals surface area (Å²) in [6, 6.07) is 6.19. The lowest BCUT2D eigenvalue weighted by molar-refractivity contribution is 0.0473. The summed E-state index contributed by atoms with van der Waals surface area (Å²) in [6.07, 6.45) is 10.1. The predicted octanol–water partition coefficient (Wildman–Crippen LogP) is 5.67. The molecule has 1 saturated carbocycles. The summed E-state index contributed by atoms with van der Waals surface area (Å²) >= 11 is 6.27. The number of halogens is 2. The van der Waals surface area contributed by atoms with Crippen LogP contribution < -0.4 is 4.74 Å². The SMILES string of the molecule is CN(C)CCCC1c2cc(Cl)ccc2OC12CCCCCC2.Cl. The molecule has 1 fully saturated rings. The first kappa shape index (κ1) is 18.9. The highest BCUT2D eigenvalue weighted by Gasteiger charge is 2.47. The van der Waals surface area contributed by atoms with Gasteiger partial charge < -0.3 is 9.64 Å². The minimum atomic E-state index is 0. The lowest BCUT2D eigenvalue weighted by Gasteiger charge is -2.34. The molecular weight excluding hydrogens is 329 g/mol. The number of benzene rings is 1. The molecule has 0 saturated heterocycles. The molecule has 1 aromatic carbocycles. The number of hydrogen-bond donors (Lipinski definition) is 0. The van der Waals surface area contributed by atoms with Crippen LogP contribution >= 0.6 is 24.0 Å². The van der Waals surface area contributed by atoms with E-state index < -0.39 is 0 Å². The van der Waals surface area contributed by atoms with Gasteiger partial charge in [-0.2, -0.15) is 0 Å². The van der Waals surface area contributed by atoms with Crippen molar-refractivity contribution in [2.45, 2.75) is 62.9 Å². The Kier molecular flexibility index (Phi) is 6.65. The Hall–Kier alpha value is -0.440. The molecule has 1 aliphatic carbocycles. The largest absolute Gasteiger partial charge is 0.486 e. The van der Waals surface area contributed by atoms with E-state index in [0.717, 1.165) is 17.3 Å². The molecule has 0 amide bonds. The third-order valence-corrected chi connectivity index (χ3v) is 5.58. The molecule has 3 rings (SSSR count). The van der Waals surface area contributed by atoms with Crippen LogP contribution in [0.4, 0.5) is 0 Å². The van der Waals surface area contributed by atoms with Gasteiger partial charge in [-0.15, -0.1) is 12.4 Å². The molecule has 0 radical (unpaired) electrons. The number of nitrogens with zero attached hydrogens (tertiary/aromatic N) is 1. The summed E-state index contributed by atoms with van der Waals surface area (Å²) in [5.41, 5.74) is 1.39. The third kappa shape index (κ3) is 4.15. The Morgan fingerprint density at radius 2 is 1.87 bits per heavy atom. The van der Waals surface area contributed by atoms with E-state index >= 15 is 0 Å². The van der Waals surface area contributed by atoms with E-state index in [1.54, 1.807) is 0 Å². The van der Waals surface area contributed by atoms with Crippen LogP contribution in [0.15, 0.2) is 18.2 Å². The van der Waals surface area contributed by atoms with Gasteiger partial charge in [0.15, 0.2) is 0 Å². The highest BCUT2D eigenvalue weighted by molar-refractivity contribution is 6.30. The van der Waals surface area contributed by atoms with Crippen molar-refractivity contribution in [1.29, 1.82) is 0 Å². The van der Waals surface area contributed by atoms with Crippen LogP contribution in [0.5, 0.6) is 5.75 Å². The van der Waals surface area contributed by atoms with E-state index in [9.17, 15) is 0 Å². The van der Waals surface area contributed by atoms with Crippen molar-refractivity contribution in [2.75, 3.05) is 20.6 Å². The van der Waals surface area contributed by atoms with Crippen molar-refractivity contribution in [1.82, 2.24) is 4.90 Å². The van der Waals surface area contributed by atoms with Gasteiger partial charge in [0.25, 0.3) is 0 Å². The van der Waals surface area contributed by atoms with Crippen molar-refractivity contribution in [2.24, 2.45) is 0 Å². The number of hydrogen-bond acceptors (Lipinski definition) is 2. The summed E-state index contributed by atoms with van der Waals surface area (Å²) in [5.74, 6) is 1.60. The third-order valence-electron chi connectivity index (χ3n) is 5.34. The van der Waals surface area contributed by atoms with Gasteiger partial charge in [-0.1, -0.05) is 24.4 Å². The maximum Gasteiger partial charge on any atom is 0.123 e. The standard InChI is InChI=1S/C19H28ClNO.ClH/c1-21(2)13-7-8-17-16-14-15(20)9-10-18(16)22-19(17)11-5-3-4-6-12-19;/h9-10,14,17H,3-8,11-13H2,1-2H3;1H. The first-order valence-electron chi connectivity index (χ1n) is 8.74. The van der Waals surface area contributed by atoms with Gasteiger partial charge in [-0.05, 0) is 77.4 Å². The molecule has 1 aromatic rings. The Morgan fingerprint density at radius 1 is 1.17 bits per heavy atom. The van der Waals surface area contributed by atoms with Gasteiger partial charge >= 0.3 is 0 Å². The quantitative estimate of drug-likeness (QED) is 0.687. The Bertz CT molecular complexity index is 510. The fourth-order valence-electron chi connectivity index (χ4n) is 4.27. The van der Waals surface area contributed by atoms with Crippen molar-refractivity contribution in [3.63, 3.8) is 0 Å². The molecule has 1 heterocycles. The molecule has 1 atom stereocenters. The summed E-state index contributed by atoms with van der Waals surface area (Å²) in [7, 11) is 4.30. The van der Waals surface area contributed by atoms with E-state index in [4.69, 9.17) is 16.3 Å². The number of fused-ring (bicyclic) bond motifs is 1. The van der Waals surface area contributed by atoms with Crippen molar-refractivity contribution >= 4 is 24.0 Å². The molecule has 1 unspecified atom stereocenters. The highest BCUT2D eigenvalue weighted by atomic mass is 35.5. The molecular formula is C19H29Cl2NO. The van der Waals surface area contributed by atoms with Crippen LogP contribution in [-0.2, 0) is 0 Å². The van der Waals surface area contributed by atoms with E-state index in [1.165, 1.54) is 56.9 Å². The zero-order chi connectivity index (χ0) is 15.6. The Balaban J connectivity index is 0.00000192. The fourth-order valence-corrected chi connectivity index (χ4v) is 4.45. The summed E-state index contributed by atoms with van der Waals surface area (Å²) < 4.78 is 6.57. The number of rotatable bonds is 4. The number of ether oxygens (including phenoxy) is 1. The van der Waals surface area contributed by atoms with Crippen LogP contribution in [-0.4, -0.2) is 31.1 Å². The molecule has 1 spiro atoms. The zero-order valence-corrected chi connectivity index (χ0v) is 15.9. The van der Waals surface area contributed by atoms with E-state index in [1.807, 2.05) is 6.07 Å². The van der Waals surface area contributed by atoms with Crippen LogP contribution in [0.1, 0.15) is 62.8 Å². The van der Waals surface area contributed by atoms with Crippen LogP contribution in [0.3, 0.4) is 0 Å². The van der Waals surface area contributed by atoms with Crippen LogP contribution in [0.25, 0.3) is 0 Å². The molecule has 23 heavy (non-hydrogen) atoms.